The molecule has 0 spiro atoms. The summed E-state index contributed by atoms with van der Waals surface area (Å²) in [5.74, 6) is -0.269. The van der Waals surface area contributed by atoms with E-state index in [2.05, 4.69) is 15.5 Å². The molecule has 104 valence electrons. The van der Waals surface area contributed by atoms with Gasteiger partial charge in [-0.05, 0) is 45.3 Å². The molecule has 0 radical (unpaired) electrons. The molecule has 0 fully saturated rings. The monoisotopic (exact) mass is 263 g/mol. The second-order valence-electron chi connectivity index (χ2n) is 4.67. The molecule has 0 aliphatic rings. The molecule has 2 amide bonds. The van der Waals surface area contributed by atoms with Gasteiger partial charge in [0.15, 0.2) is 0 Å². The van der Waals surface area contributed by atoms with E-state index in [9.17, 15) is 9.59 Å². The third-order valence-electron chi connectivity index (χ3n) is 2.51. The largest absolute Gasteiger partial charge is 0.352 e. The van der Waals surface area contributed by atoms with Crippen molar-refractivity contribution in [3.63, 3.8) is 0 Å². The van der Waals surface area contributed by atoms with Crippen molar-refractivity contribution in [3.8, 4) is 0 Å². The fourth-order valence-corrected chi connectivity index (χ4v) is 1.64. The van der Waals surface area contributed by atoms with E-state index in [0.29, 0.717) is 17.8 Å². The molecule has 0 aliphatic carbocycles. The number of hydrogen-bond acceptors (Lipinski definition) is 3. The lowest BCUT2D eigenvalue weighted by atomic mass is 10.2. The summed E-state index contributed by atoms with van der Waals surface area (Å²) in [5.41, 5.74) is 1.18. The Bertz CT molecular complexity index is 444. The van der Waals surface area contributed by atoms with E-state index < -0.39 is 0 Å². The Kier molecular flexibility index (Phi) is 6.02. The minimum Gasteiger partial charge on any atom is -0.352 e. The molecular formula is C14H21N3O2. The fourth-order valence-electron chi connectivity index (χ4n) is 1.64. The zero-order chi connectivity index (χ0) is 14.3. The minimum absolute atomic E-state index is 0.119. The molecule has 0 bridgehead atoms. The van der Waals surface area contributed by atoms with Gasteiger partial charge in [-0.2, -0.15) is 0 Å². The zero-order valence-corrected chi connectivity index (χ0v) is 11.7. The summed E-state index contributed by atoms with van der Waals surface area (Å²) in [6, 6.07) is 6.90. The van der Waals surface area contributed by atoms with Crippen molar-refractivity contribution in [3.05, 3.63) is 29.8 Å². The number of hydrogen-bond donors (Lipinski definition) is 2. The lowest BCUT2D eigenvalue weighted by Crippen LogP contribution is -2.27. The van der Waals surface area contributed by atoms with Crippen LogP contribution in [-0.4, -0.2) is 43.9 Å². The maximum atomic E-state index is 11.9. The molecule has 2 N–H and O–H groups in total. The van der Waals surface area contributed by atoms with E-state index in [1.807, 2.05) is 14.1 Å². The summed E-state index contributed by atoms with van der Waals surface area (Å²) in [4.78, 5) is 24.9. The van der Waals surface area contributed by atoms with Gasteiger partial charge in [0.2, 0.25) is 5.91 Å². The van der Waals surface area contributed by atoms with Gasteiger partial charge in [-0.1, -0.05) is 6.07 Å². The van der Waals surface area contributed by atoms with E-state index in [1.165, 1.54) is 6.92 Å². The highest BCUT2D eigenvalue weighted by Crippen LogP contribution is 2.10. The lowest BCUT2D eigenvalue weighted by molar-refractivity contribution is -0.114. The van der Waals surface area contributed by atoms with E-state index in [1.54, 1.807) is 24.3 Å². The Labute approximate surface area is 114 Å². The number of carbonyl (C=O) groups is 2. The normalized spacial score (nSPS) is 10.3. The minimum atomic E-state index is -0.149. The number of nitrogens with zero attached hydrogens (tertiary/aromatic N) is 1. The summed E-state index contributed by atoms with van der Waals surface area (Å²) < 4.78 is 0. The van der Waals surface area contributed by atoms with E-state index in [0.717, 1.165) is 13.0 Å². The fraction of sp³-hybridized carbons (Fsp3) is 0.429. The number of benzene rings is 1. The first kappa shape index (κ1) is 15.2. The quantitative estimate of drug-likeness (QED) is 0.761. The van der Waals surface area contributed by atoms with Crippen LogP contribution < -0.4 is 10.6 Å². The van der Waals surface area contributed by atoms with Gasteiger partial charge < -0.3 is 15.5 Å². The highest BCUT2D eigenvalue weighted by Gasteiger charge is 2.06. The van der Waals surface area contributed by atoms with Crippen LogP contribution in [0.25, 0.3) is 0 Å². The topological polar surface area (TPSA) is 61.4 Å². The molecule has 0 heterocycles. The highest BCUT2D eigenvalue weighted by molar-refractivity contribution is 5.96. The standard InChI is InChI=1S/C14H21N3O2/c1-11(18)16-13-7-4-6-12(10-13)14(19)15-8-5-9-17(2)3/h4,6-7,10H,5,8-9H2,1-3H3,(H,15,19)(H,16,18). The number of amides is 2. The van der Waals surface area contributed by atoms with Crippen LogP contribution in [0.5, 0.6) is 0 Å². The van der Waals surface area contributed by atoms with Crippen LogP contribution in [-0.2, 0) is 4.79 Å². The first-order valence-electron chi connectivity index (χ1n) is 6.29. The Morgan fingerprint density at radius 2 is 2.00 bits per heavy atom. The van der Waals surface area contributed by atoms with Gasteiger partial charge >= 0.3 is 0 Å². The molecule has 1 aromatic carbocycles. The van der Waals surface area contributed by atoms with Gasteiger partial charge in [0, 0.05) is 24.7 Å². The average Bonchev–Trinajstić information content (AvgIpc) is 2.33. The molecule has 0 atom stereocenters. The zero-order valence-electron chi connectivity index (χ0n) is 11.7. The third-order valence-corrected chi connectivity index (χ3v) is 2.51. The number of carbonyl (C=O) groups excluding carboxylic acids is 2. The van der Waals surface area contributed by atoms with Crippen LogP contribution in [0.2, 0.25) is 0 Å². The van der Waals surface area contributed by atoms with Gasteiger partial charge in [0.05, 0.1) is 0 Å². The molecule has 5 heteroatoms. The van der Waals surface area contributed by atoms with Crippen LogP contribution in [0.4, 0.5) is 5.69 Å². The average molecular weight is 263 g/mol. The van der Waals surface area contributed by atoms with Crippen molar-refractivity contribution in [2.45, 2.75) is 13.3 Å². The molecule has 0 saturated heterocycles. The van der Waals surface area contributed by atoms with Gasteiger partial charge in [0.25, 0.3) is 5.91 Å². The second-order valence-corrected chi connectivity index (χ2v) is 4.67. The van der Waals surface area contributed by atoms with Gasteiger partial charge in [-0.15, -0.1) is 0 Å². The van der Waals surface area contributed by atoms with Gasteiger partial charge in [-0.3, -0.25) is 9.59 Å². The van der Waals surface area contributed by atoms with Crippen LogP contribution in [0.15, 0.2) is 24.3 Å². The van der Waals surface area contributed by atoms with E-state index in [4.69, 9.17) is 0 Å². The van der Waals surface area contributed by atoms with Crippen molar-refractivity contribution in [1.29, 1.82) is 0 Å². The van der Waals surface area contributed by atoms with Crippen LogP contribution in [0.1, 0.15) is 23.7 Å². The molecular weight excluding hydrogens is 242 g/mol. The Morgan fingerprint density at radius 3 is 2.63 bits per heavy atom. The number of nitrogens with one attached hydrogen (secondary N) is 2. The predicted molar refractivity (Wildman–Crippen MR) is 76.2 cm³/mol. The smallest absolute Gasteiger partial charge is 0.251 e. The maximum absolute atomic E-state index is 11.9. The summed E-state index contributed by atoms with van der Waals surface area (Å²) in [7, 11) is 4.00. The molecule has 0 aliphatic heterocycles. The molecule has 0 saturated carbocycles. The van der Waals surface area contributed by atoms with Crippen LogP contribution >= 0.6 is 0 Å². The van der Waals surface area contributed by atoms with E-state index >= 15 is 0 Å². The van der Waals surface area contributed by atoms with Crippen molar-refractivity contribution in [2.75, 3.05) is 32.5 Å². The summed E-state index contributed by atoms with van der Waals surface area (Å²) in [6.45, 7) is 3.02. The predicted octanol–water partition coefficient (Wildman–Crippen LogP) is 1.33. The second kappa shape index (κ2) is 7.53. The van der Waals surface area contributed by atoms with Crippen molar-refractivity contribution in [1.82, 2.24) is 10.2 Å². The van der Waals surface area contributed by atoms with Gasteiger partial charge in [0.1, 0.15) is 0 Å². The lowest BCUT2D eigenvalue weighted by Gasteiger charge is -2.10. The third kappa shape index (κ3) is 6.01. The van der Waals surface area contributed by atoms with Crippen molar-refractivity contribution >= 4 is 17.5 Å². The molecule has 1 rings (SSSR count). The number of rotatable bonds is 6. The maximum Gasteiger partial charge on any atom is 0.251 e. The molecule has 19 heavy (non-hydrogen) atoms. The SMILES string of the molecule is CC(=O)Nc1cccc(C(=O)NCCCN(C)C)c1. The summed E-state index contributed by atoms with van der Waals surface area (Å²) >= 11 is 0. The van der Waals surface area contributed by atoms with Crippen molar-refractivity contribution < 1.29 is 9.59 Å². The Hall–Kier alpha value is -1.88. The summed E-state index contributed by atoms with van der Waals surface area (Å²) in [5, 5.41) is 5.51. The molecule has 5 nitrogen and oxygen atoms in total. The highest BCUT2D eigenvalue weighted by atomic mass is 16.2. The molecule has 1 aromatic rings. The molecule has 0 aromatic heterocycles. The first-order valence-corrected chi connectivity index (χ1v) is 6.29. The van der Waals surface area contributed by atoms with Crippen LogP contribution in [0, 0.1) is 0 Å². The molecule has 0 unspecified atom stereocenters. The number of anilines is 1. The van der Waals surface area contributed by atoms with E-state index in [-0.39, 0.29) is 11.8 Å². The first-order chi connectivity index (χ1) is 8.99. The van der Waals surface area contributed by atoms with Crippen molar-refractivity contribution in [2.24, 2.45) is 0 Å². The summed E-state index contributed by atoms with van der Waals surface area (Å²) in [6.07, 6.45) is 0.907. The Morgan fingerprint density at radius 1 is 1.26 bits per heavy atom. The Balaban J connectivity index is 2.50. The van der Waals surface area contributed by atoms with Gasteiger partial charge in [-0.25, -0.2) is 0 Å². The van der Waals surface area contributed by atoms with Crippen LogP contribution in [0.3, 0.4) is 0 Å².